The second-order valence-corrected chi connectivity index (χ2v) is 6.93. The van der Waals surface area contributed by atoms with E-state index in [1.807, 2.05) is 0 Å². The summed E-state index contributed by atoms with van der Waals surface area (Å²) in [6.45, 7) is 0.677. The van der Waals surface area contributed by atoms with Gasteiger partial charge in [-0.2, -0.15) is 0 Å². The third-order valence-electron chi connectivity index (χ3n) is 3.58. The maximum absolute atomic E-state index is 12.4. The molecule has 0 bridgehead atoms. The number of aromatic carboxylic acids is 1. The quantitative estimate of drug-likeness (QED) is 0.842. The molecule has 1 saturated heterocycles. The van der Waals surface area contributed by atoms with Crippen LogP contribution in [0.4, 0.5) is 16.2 Å². The van der Waals surface area contributed by atoms with Crippen molar-refractivity contribution >= 4 is 33.5 Å². The minimum absolute atomic E-state index is 0.00602. The second kappa shape index (κ2) is 6.44. The summed E-state index contributed by atoms with van der Waals surface area (Å²) in [6, 6.07) is 11.2. The molecule has 0 aromatic heterocycles. The lowest BCUT2D eigenvalue weighted by molar-refractivity contribution is 0.0696. The van der Waals surface area contributed by atoms with Gasteiger partial charge in [-0.1, -0.05) is 6.07 Å². The maximum Gasteiger partial charge on any atom is 0.414 e. The Morgan fingerprint density at radius 2 is 1.88 bits per heavy atom. The molecule has 0 saturated carbocycles. The number of benzene rings is 2. The van der Waals surface area contributed by atoms with Gasteiger partial charge in [0, 0.05) is 5.69 Å². The first-order valence-corrected chi connectivity index (χ1v) is 8.76. The standard InChI is InChI=1S/C16H14N2O6S/c19-15(20)11-4-6-14(7-5-11)25(22,23)17-12-2-1-3-13(10-12)18-8-9-24-16(18)21/h1-7,10,17H,8-9H2,(H,19,20). The summed E-state index contributed by atoms with van der Waals surface area (Å²) in [5, 5.41) is 8.86. The first kappa shape index (κ1) is 16.8. The molecule has 1 amide bonds. The molecule has 0 atom stereocenters. The minimum atomic E-state index is -3.89. The Bertz CT molecular complexity index is 924. The number of anilines is 2. The highest BCUT2D eigenvalue weighted by Gasteiger charge is 2.24. The highest BCUT2D eigenvalue weighted by Crippen LogP contribution is 2.24. The zero-order valence-electron chi connectivity index (χ0n) is 12.9. The molecule has 1 heterocycles. The normalized spacial score (nSPS) is 14.2. The van der Waals surface area contributed by atoms with Crippen LogP contribution in [0.15, 0.2) is 53.4 Å². The SMILES string of the molecule is O=C(O)c1ccc(S(=O)(=O)Nc2cccc(N3CCOC3=O)c2)cc1. The van der Waals surface area contributed by atoms with Crippen LogP contribution in [0.25, 0.3) is 0 Å². The molecule has 3 rings (SSSR count). The number of carbonyl (C=O) groups is 2. The van der Waals surface area contributed by atoms with E-state index in [-0.39, 0.29) is 22.8 Å². The van der Waals surface area contributed by atoms with Crippen molar-refractivity contribution in [2.75, 3.05) is 22.8 Å². The van der Waals surface area contributed by atoms with Crippen LogP contribution in [0.1, 0.15) is 10.4 Å². The van der Waals surface area contributed by atoms with Crippen LogP contribution in [0, 0.1) is 0 Å². The Balaban J connectivity index is 1.83. The number of sulfonamides is 1. The first-order valence-electron chi connectivity index (χ1n) is 7.27. The van der Waals surface area contributed by atoms with Gasteiger partial charge in [0.25, 0.3) is 10.0 Å². The van der Waals surface area contributed by atoms with Gasteiger partial charge in [-0.05, 0) is 42.5 Å². The van der Waals surface area contributed by atoms with Gasteiger partial charge in [-0.25, -0.2) is 18.0 Å². The lowest BCUT2D eigenvalue weighted by atomic mass is 10.2. The van der Waals surface area contributed by atoms with Crippen LogP contribution in [0.2, 0.25) is 0 Å². The number of ether oxygens (including phenoxy) is 1. The van der Waals surface area contributed by atoms with Crippen LogP contribution < -0.4 is 9.62 Å². The predicted molar refractivity (Wildman–Crippen MR) is 89.3 cm³/mol. The Morgan fingerprint density at radius 1 is 1.16 bits per heavy atom. The van der Waals surface area contributed by atoms with Crippen LogP contribution in [-0.4, -0.2) is 38.7 Å². The lowest BCUT2D eigenvalue weighted by Gasteiger charge is -2.14. The number of hydrogen-bond acceptors (Lipinski definition) is 5. The van der Waals surface area contributed by atoms with Gasteiger partial charge in [0.2, 0.25) is 0 Å². The van der Waals surface area contributed by atoms with E-state index in [0.717, 1.165) is 0 Å². The number of nitrogens with zero attached hydrogens (tertiary/aromatic N) is 1. The number of nitrogens with one attached hydrogen (secondary N) is 1. The van der Waals surface area contributed by atoms with Gasteiger partial charge in [0.05, 0.1) is 22.7 Å². The van der Waals surface area contributed by atoms with Crippen LogP contribution in [0.5, 0.6) is 0 Å². The van der Waals surface area contributed by atoms with Gasteiger partial charge in [0.1, 0.15) is 6.61 Å². The van der Waals surface area contributed by atoms with Gasteiger partial charge >= 0.3 is 12.1 Å². The smallest absolute Gasteiger partial charge is 0.414 e. The molecule has 9 heteroatoms. The van der Waals surface area contributed by atoms with E-state index in [2.05, 4.69) is 4.72 Å². The molecule has 2 aromatic rings. The zero-order chi connectivity index (χ0) is 18.0. The lowest BCUT2D eigenvalue weighted by Crippen LogP contribution is -2.23. The second-order valence-electron chi connectivity index (χ2n) is 5.25. The van der Waals surface area contributed by atoms with Crippen LogP contribution >= 0.6 is 0 Å². The number of carboxylic acids is 1. The summed E-state index contributed by atoms with van der Waals surface area (Å²) >= 11 is 0. The molecule has 130 valence electrons. The van der Waals surface area contributed by atoms with E-state index in [4.69, 9.17) is 9.84 Å². The highest BCUT2D eigenvalue weighted by molar-refractivity contribution is 7.92. The first-order chi connectivity index (χ1) is 11.9. The average molecular weight is 362 g/mol. The number of carbonyl (C=O) groups excluding carboxylic acids is 1. The fourth-order valence-corrected chi connectivity index (χ4v) is 3.41. The van der Waals surface area contributed by atoms with Crippen molar-refractivity contribution in [3.8, 4) is 0 Å². The van der Waals surface area contributed by atoms with Crippen molar-refractivity contribution < 1.29 is 27.9 Å². The fraction of sp³-hybridized carbons (Fsp3) is 0.125. The third-order valence-corrected chi connectivity index (χ3v) is 4.98. The number of amides is 1. The molecule has 0 unspecified atom stereocenters. The van der Waals surface area contributed by atoms with Crippen molar-refractivity contribution in [3.63, 3.8) is 0 Å². The Kier molecular flexibility index (Phi) is 4.32. The summed E-state index contributed by atoms with van der Waals surface area (Å²) in [5.74, 6) is -1.14. The molecule has 2 N–H and O–H groups in total. The van der Waals surface area contributed by atoms with Crippen molar-refractivity contribution in [2.24, 2.45) is 0 Å². The molecule has 1 fully saturated rings. The van der Waals surface area contributed by atoms with Crippen molar-refractivity contribution in [3.05, 3.63) is 54.1 Å². The molecule has 0 aliphatic carbocycles. The molecule has 2 aromatic carbocycles. The topological polar surface area (TPSA) is 113 Å². The van der Waals surface area contributed by atoms with E-state index in [1.54, 1.807) is 18.2 Å². The van der Waals surface area contributed by atoms with Gasteiger partial charge in [-0.15, -0.1) is 0 Å². The maximum atomic E-state index is 12.4. The summed E-state index contributed by atoms with van der Waals surface area (Å²) in [7, 11) is -3.89. The van der Waals surface area contributed by atoms with Gasteiger partial charge in [-0.3, -0.25) is 9.62 Å². The molecule has 0 radical (unpaired) electrons. The van der Waals surface area contributed by atoms with Crippen LogP contribution in [0.3, 0.4) is 0 Å². The summed E-state index contributed by atoms with van der Waals surface area (Å²) in [6.07, 6.45) is -0.482. The van der Waals surface area contributed by atoms with Gasteiger partial charge in [0.15, 0.2) is 0 Å². The van der Waals surface area contributed by atoms with Gasteiger partial charge < -0.3 is 9.84 Å². The Morgan fingerprint density at radius 3 is 2.48 bits per heavy atom. The zero-order valence-corrected chi connectivity index (χ0v) is 13.7. The predicted octanol–water partition coefficient (Wildman–Crippen LogP) is 2.14. The van der Waals surface area contributed by atoms with E-state index in [9.17, 15) is 18.0 Å². The number of rotatable bonds is 5. The van der Waals surface area contributed by atoms with E-state index in [1.165, 1.54) is 35.2 Å². The number of cyclic esters (lactones) is 1. The molecule has 1 aliphatic rings. The van der Waals surface area contributed by atoms with Crippen molar-refractivity contribution in [1.29, 1.82) is 0 Å². The van der Waals surface area contributed by atoms with Crippen molar-refractivity contribution in [2.45, 2.75) is 4.90 Å². The average Bonchev–Trinajstić information content (AvgIpc) is 3.01. The Labute approximate surface area is 143 Å². The molecule has 1 aliphatic heterocycles. The summed E-state index contributed by atoms with van der Waals surface area (Å²) in [5.41, 5.74) is 0.789. The molecule has 25 heavy (non-hydrogen) atoms. The molecule has 0 spiro atoms. The fourth-order valence-electron chi connectivity index (χ4n) is 2.36. The molecular formula is C16H14N2O6S. The summed E-state index contributed by atoms with van der Waals surface area (Å²) < 4.78 is 32.1. The van der Waals surface area contributed by atoms with Crippen molar-refractivity contribution in [1.82, 2.24) is 0 Å². The number of carboxylic acid groups (broad SMARTS) is 1. The van der Waals surface area contributed by atoms with E-state index in [0.29, 0.717) is 12.2 Å². The van der Waals surface area contributed by atoms with Crippen LogP contribution in [-0.2, 0) is 14.8 Å². The monoisotopic (exact) mass is 362 g/mol. The highest BCUT2D eigenvalue weighted by atomic mass is 32.2. The largest absolute Gasteiger partial charge is 0.478 e. The minimum Gasteiger partial charge on any atom is -0.478 e. The van der Waals surface area contributed by atoms with E-state index < -0.39 is 22.1 Å². The third kappa shape index (κ3) is 3.56. The molecular weight excluding hydrogens is 348 g/mol. The van der Waals surface area contributed by atoms with E-state index >= 15 is 0 Å². The Hall–Kier alpha value is -3.07. The summed E-state index contributed by atoms with van der Waals surface area (Å²) in [4.78, 5) is 23.8. The molecule has 8 nitrogen and oxygen atoms in total. The number of hydrogen-bond donors (Lipinski definition) is 2.